The topological polar surface area (TPSA) is 75.1 Å². The Morgan fingerprint density at radius 1 is 1.08 bits per heavy atom. The number of guanidine groups is 1. The van der Waals surface area contributed by atoms with Crippen molar-refractivity contribution < 1.29 is 14.6 Å². The first kappa shape index (κ1) is 19.9. The molecule has 0 spiro atoms. The van der Waals surface area contributed by atoms with Gasteiger partial charge in [-0.3, -0.25) is 0 Å². The predicted octanol–water partition coefficient (Wildman–Crippen LogP) is 3.29. The number of thiophene rings is 1. The van der Waals surface area contributed by atoms with Crippen LogP contribution in [0.4, 0.5) is 0 Å². The summed E-state index contributed by atoms with van der Waals surface area (Å²) in [6.07, 6.45) is 1.06. The highest BCUT2D eigenvalue weighted by Gasteiger charge is 2.11. The average molecular weight is 378 g/mol. The average Bonchev–Trinajstić information content (AvgIpc) is 3.13. The third-order valence-electron chi connectivity index (χ3n) is 3.80. The molecule has 7 heteroatoms. The van der Waals surface area contributed by atoms with Crippen molar-refractivity contribution in [3.63, 3.8) is 0 Å². The van der Waals surface area contributed by atoms with Crippen molar-refractivity contribution in [2.45, 2.75) is 33.4 Å². The second-order valence-corrected chi connectivity index (χ2v) is 6.87. The highest BCUT2D eigenvalue weighted by atomic mass is 32.1. The standard InChI is InChI=1S/C19H27N3O3S/c1-5-14-7-8-15(26-14)12-22-19(20-6-2)21-11-13-9-16(24-3)18(23)17(10-13)25-4/h7-10,23H,5-6,11-12H2,1-4H3,(H2,20,21,22). The highest BCUT2D eigenvalue weighted by molar-refractivity contribution is 7.11. The van der Waals surface area contributed by atoms with Gasteiger partial charge in [-0.15, -0.1) is 11.3 Å². The fraction of sp³-hybridized carbons (Fsp3) is 0.421. The molecule has 26 heavy (non-hydrogen) atoms. The van der Waals surface area contributed by atoms with E-state index in [1.807, 2.05) is 18.3 Å². The van der Waals surface area contributed by atoms with E-state index >= 15 is 0 Å². The van der Waals surface area contributed by atoms with Crippen molar-refractivity contribution in [1.29, 1.82) is 0 Å². The quantitative estimate of drug-likeness (QED) is 0.486. The maximum atomic E-state index is 10.00. The number of rotatable bonds is 8. The van der Waals surface area contributed by atoms with Crippen molar-refractivity contribution in [1.82, 2.24) is 10.6 Å². The number of aliphatic imine (C=N–C) groups is 1. The molecule has 1 heterocycles. The van der Waals surface area contributed by atoms with Crippen molar-refractivity contribution >= 4 is 17.3 Å². The van der Waals surface area contributed by atoms with Crippen LogP contribution in [0, 0.1) is 0 Å². The molecule has 0 bridgehead atoms. The normalized spacial score (nSPS) is 11.3. The van der Waals surface area contributed by atoms with Gasteiger partial charge in [-0.2, -0.15) is 0 Å². The van der Waals surface area contributed by atoms with Gasteiger partial charge in [0.1, 0.15) is 0 Å². The largest absolute Gasteiger partial charge is 0.502 e. The van der Waals surface area contributed by atoms with Gasteiger partial charge in [0.05, 0.1) is 27.3 Å². The minimum atomic E-state index is -0.00261. The molecular weight excluding hydrogens is 350 g/mol. The number of hydrogen-bond donors (Lipinski definition) is 3. The first-order valence-electron chi connectivity index (χ1n) is 8.64. The molecule has 6 nitrogen and oxygen atoms in total. The van der Waals surface area contributed by atoms with E-state index < -0.39 is 0 Å². The van der Waals surface area contributed by atoms with Gasteiger partial charge >= 0.3 is 0 Å². The fourth-order valence-electron chi connectivity index (χ4n) is 2.43. The van der Waals surface area contributed by atoms with Crippen LogP contribution in [-0.2, 0) is 19.5 Å². The SMILES string of the molecule is CCNC(=NCc1cc(OC)c(O)c(OC)c1)NCc1ccc(CC)s1. The van der Waals surface area contributed by atoms with Gasteiger partial charge in [0, 0.05) is 16.3 Å². The predicted molar refractivity (Wildman–Crippen MR) is 107 cm³/mol. The molecule has 0 atom stereocenters. The number of methoxy groups -OCH3 is 2. The van der Waals surface area contributed by atoms with Gasteiger partial charge in [0.25, 0.3) is 0 Å². The summed E-state index contributed by atoms with van der Waals surface area (Å²) in [6, 6.07) is 7.84. The van der Waals surface area contributed by atoms with E-state index in [1.165, 1.54) is 24.0 Å². The number of aryl methyl sites for hydroxylation is 1. The molecule has 0 saturated carbocycles. The lowest BCUT2D eigenvalue weighted by Crippen LogP contribution is -2.36. The number of benzene rings is 1. The van der Waals surface area contributed by atoms with E-state index in [1.54, 1.807) is 12.1 Å². The van der Waals surface area contributed by atoms with E-state index in [-0.39, 0.29) is 5.75 Å². The second kappa shape index (κ2) is 9.91. The molecular formula is C19H27N3O3S. The Kier molecular flexibility index (Phi) is 7.59. The molecule has 0 aliphatic carbocycles. The summed E-state index contributed by atoms with van der Waals surface area (Å²) in [5, 5.41) is 16.6. The van der Waals surface area contributed by atoms with Gasteiger partial charge in [-0.1, -0.05) is 6.92 Å². The number of ether oxygens (including phenoxy) is 2. The van der Waals surface area contributed by atoms with Gasteiger partial charge in [0.15, 0.2) is 17.5 Å². The Morgan fingerprint density at radius 3 is 2.27 bits per heavy atom. The van der Waals surface area contributed by atoms with E-state index in [9.17, 15) is 5.11 Å². The van der Waals surface area contributed by atoms with Crippen LogP contribution in [0.1, 0.15) is 29.2 Å². The number of hydrogen-bond acceptors (Lipinski definition) is 5. The summed E-state index contributed by atoms with van der Waals surface area (Å²) in [7, 11) is 3.03. The van der Waals surface area contributed by atoms with Crippen molar-refractivity contribution in [3.8, 4) is 17.2 Å². The van der Waals surface area contributed by atoms with Crippen LogP contribution in [0.5, 0.6) is 17.2 Å². The Bertz CT molecular complexity index is 718. The van der Waals surface area contributed by atoms with Crippen LogP contribution >= 0.6 is 11.3 Å². The fourth-order valence-corrected chi connectivity index (χ4v) is 3.33. The minimum Gasteiger partial charge on any atom is -0.502 e. The monoisotopic (exact) mass is 377 g/mol. The molecule has 0 radical (unpaired) electrons. The minimum absolute atomic E-state index is 0.00261. The van der Waals surface area contributed by atoms with Gasteiger partial charge in [-0.25, -0.2) is 4.99 Å². The summed E-state index contributed by atoms with van der Waals surface area (Å²) in [5.74, 6) is 1.48. The van der Waals surface area contributed by atoms with Gasteiger partial charge < -0.3 is 25.2 Å². The molecule has 1 aromatic heterocycles. The lowest BCUT2D eigenvalue weighted by atomic mass is 10.2. The maximum Gasteiger partial charge on any atom is 0.200 e. The van der Waals surface area contributed by atoms with Crippen molar-refractivity contribution in [2.24, 2.45) is 4.99 Å². The third-order valence-corrected chi connectivity index (χ3v) is 5.03. The van der Waals surface area contributed by atoms with Crippen molar-refractivity contribution in [2.75, 3.05) is 20.8 Å². The Hall–Kier alpha value is -2.41. The zero-order chi connectivity index (χ0) is 18.9. The van der Waals surface area contributed by atoms with E-state index in [4.69, 9.17) is 9.47 Å². The smallest absolute Gasteiger partial charge is 0.200 e. The van der Waals surface area contributed by atoms with E-state index in [0.717, 1.165) is 31.0 Å². The molecule has 0 saturated heterocycles. The molecule has 0 aliphatic heterocycles. The molecule has 0 unspecified atom stereocenters. The van der Waals surface area contributed by atoms with Crippen LogP contribution in [0.15, 0.2) is 29.3 Å². The van der Waals surface area contributed by atoms with Gasteiger partial charge in [0.2, 0.25) is 5.75 Å². The lowest BCUT2D eigenvalue weighted by molar-refractivity contribution is 0.339. The number of nitrogens with zero attached hydrogens (tertiary/aromatic N) is 1. The van der Waals surface area contributed by atoms with Gasteiger partial charge in [-0.05, 0) is 43.2 Å². The number of nitrogens with one attached hydrogen (secondary N) is 2. The lowest BCUT2D eigenvalue weighted by Gasteiger charge is -2.12. The molecule has 0 amide bonds. The molecule has 2 rings (SSSR count). The highest BCUT2D eigenvalue weighted by Crippen LogP contribution is 2.37. The van der Waals surface area contributed by atoms with Crippen LogP contribution < -0.4 is 20.1 Å². The summed E-state index contributed by atoms with van der Waals surface area (Å²) >= 11 is 1.81. The Morgan fingerprint density at radius 2 is 1.73 bits per heavy atom. The Labute approximate surface area is 158 Å². The number of phenols is 1. The first-order chi connectivity index (χ1) is 12.6. The third kappa shape index (κ3) is 5.29. The van der Waals surface area contributed by atoms with Crippen LogP contribution in [-0.4, -0.2) is 31.8 Å². The zero-order valence-corrected chi connectivity index (χ0v) is 16.6. The summed E-state index contributed by atoms with van der Waals surface area (Å²) < 4.78 is 10.4. The molecule has 0 fully saturated rings. The second-order valence-electron chi connectivity index (χ2n) is 5.62. The molecule has 142 valence electrons. The van der Waals surface area contributed by atoms with E-state index in [0.29, 0.717) is 18.0 Å². The molecule has 3 N–H and O–H groups in total. The van der Waals surface area contributed by atoms with E-state index in [2.05, 4.69) is 34.7 Å². The van der Waals surface area contributed by atoms with Crippen LogP contribution in [0.2, 0.25) is 0 Å². The maximum absolute atomic E-state index is 10.00. The summed E-state index contributed by atoms with van der Waals surface area (Å²) in [4.78, 5) is 7.27. The molecule has 1 aromatic carbocycles. The Balaban J connectivity index is 2.08. The number of aromatic hydroxyl groups is 1. The van der Waals surface area contributed by atoms with Crippen LogP contribution in [0.25, 0.3) is 0 Å². The van der Waals surface area contributed by atoms with Crippen LogP contribution in [0.3, 0.4) is 0 Å². The summed E-state index contributed by atoms with van der Waals surface area (Å²) in [6.45, 7) is 6.14. The number of phenolic OH excluding ortho intramolecular Hbond substituents is 1. The summed E-state index contributed by atoms with van der Waals surface area (Å²) in [5.41, 5.74) is 0.887. The first-order valence-corrected chi connectivity index (χ1v) is 9.46. The molecule has 2 aromatic rings. The molecule has 0 aliphatic rings. The zero-order valence-electron chi connectivity index (χ0n) is 15.8. The van der Waals surface area contributed by atoms with Crippen molar-refractivity contribution in [3.05, 3.63) is 39.6 Å².